The van der Waals surface area contributed by atoms with Crippen molar-refractivity contribution in [2.75, 3.05) is 24.6 Å². The molecule has 1 spiro atoms. The van der Waals surface area contributed by atoms with Crippen LogP contribution >= 0.6 is 0 Å². The average molecular weight is 377 g/mol. The molecule has 0 radical (unpaired) electrons. The number of benzene rings is 2. The molecule has 28 heavy (non-hydrogen) atoms. The van der Waals surface area contributed by atoms with Gasteiger partial charge in [-0.3, -0.25) is 9.59 Å². The van der Waals surface area contributed by atoms with Gasteiger partial charge in [0.05, 0.1) is 12.0 Å². The van der Waals surface area contributed by atoms with E-state index in [1.54, 1.807) is 18.2 Å². The molecule has 2 aliphatic heterocycles. The third kappa shape index (κ3) is 3.71. The van der Waals surface area contributed by atoms with E-state index in [2.05, 4.69) is 17.0 Å². The van der Waals surface area contributed by atoms with E-state index in [-0.39, 0.29) is 11.6 Å². The number of anilines is 1. The highest BCUT2D eigenvalue weighted by Gasteiger charge is 2.43. The Labute approximate surface area is 164 Å². The molecule has 0 saturated carbocycles. The molecule has 1 fully saturated rings. The Morgan fingerprint density at radius 1 is 1.14 bits per heavy atom. The number of aliphatic hydroxyl groups excluding tert-OH is 1. The summed E-state index contributed by atoms with van der Waals surface area (Å²) in [6, 6.07) is 15.7. The lowest BCUT2D eigenvalue weighted by molar-refractivity contribution is -0.117. The molecule has 0 unspecified atom stereocenters. The number of aliphatic hydroxyl groups is 1. The first-order chi connectivity index (χ1) is 13.6. The van der Waals surface area contributed by atoms with Crippen LogP contribution in [0.5, 0.6) is 5.75 Å². The predicted molar refractivity (Wildman–Crippen MR) is 108 cm³/mol. The summed E-state index contributed by atoms with van der Waals surface area (Å²) in [5.74, 6) is 0.331. The monoisotopic (exact) mass is 377 g/mol. The molecule has 0 bridgehead atoms. The second-order valence-corrected chi connectivity index (χ2v) is 7.42. The number of carbonyl (C=O) groups is 2. The Morgan fingerprint density at radius 3 is 2.61 bits per heavy atom. The van der Waals surface area contributed by atoms with Crippen molar-refractivity contribution in [2.45, 2.75) is 24.9 Å². The molecule has 2 heterocycles. The SMILES string of the molecule is O=C(/C=C/c1ccc2c(c1)C(=O)CC1(CCN(c3ccccc3)CC1)O2)CO. The zero-order chi connectivity index (χ0) is 19.6. The first-order valence-electron chi connectivity index (χ1n) is 9.57. The number of fused-ring (bicyclic) bond motifs is 1. The number of rotatable bonds is 4. The highest BCUT2D eigenvalue weighted by molar-refractivity contribution is 6.01. The van der Waals surface area contributed by atoms with Gasteiger partial charge < -0.3 is 14.7 Å². The summed E-state index contributed by atoms with van der Waals surface area (Å²) in [4.78, 5) is 26.4. The maximum absolute atomic E-state index is 12.8. The van der Waals surface area contributed by atoms with Crippen molar-refractivity contribution in [3.05, 3.63) is 65.7 Å². The van der Waals surface area contributed by atoms with E-state index in [4.69, 9.17) is 9.84 Å². The molecule has 5 nitrogen and oxygen atoms in total. The minimum atomic E-state index is -0.522. The summed E-state index contributed by atoms with van der Waals surface area (Å²) in [7, 11) is 0. The van der Waals surface area contributed by atoms with Gasteiger partial charge in [0.2, 0.25) is 0 Å². The molecular weight excluding hydrogens is 354 g/mol. The molecule has 144 valence electrons. The molecule has 0 aliphatic carbocycles. The van der Waals surface area contributed by atoms with Crippen LogP contribution in [0.4, 0.5) is 5.69 Å². The number of nitrogens with zero attached hydrogens (tertiary/aromatic N) is 1. The van der Waals surface area contributed by atoms with Gasteiger partial charge in [-0.25, -0.2) is 0 Å². The van der Waals surface area contributed by atoms with E-state index in [0.29, 0.717) is 17.7 Å². The molecular formula is C23H23NO4. The van der Waals surface area contributed by atoms with Gasteiger partial charge in [-0.2, -0.15) is 0 Å². The van der Waals surface area contributed by atoms with E-state index in [1.807, 2.05) is 24.3 Å². The van der Waals surface area contributed by atoms with E-state index in [0.717, 1.165) is 31.5 Å². The van der Waals surface area contributed by atoms with Crippen LogP contribution in [0.2, 0.25) is 0 Å². The number of Topliss-reactive ketones (excluding diaryl/α,β-unsaturated/α-hetero) is 1. The zero-order valence-corrected chi connectivity index (χ0v) is 15.6. The standard InChI is InChI=1S/C23H23NO4/c25-16-19(26)8-6-17-7-9-22-20(14-17)21(27)15-23(28-22)10-12-24(13-11-23)18-4-2-1-3-5-18/h1-9,14,25H,10-13,15-16H2/b8-6+. The van der Waals surface area contributed by atoms with E-state index < -0.39 is 12.2 Å². The molecule has 1 N–H and O–H groups in total. The summed E-state index contributed by atoms with van der Waals surface area (Å²) >= 11 is 0. The second-order valence-electron chi connectivity index (χ2n) is 7.42. The van der Waals surface area contributed by atoms with Crippen molar-refractivity contribution in [3.63, 3.8) is 0 Å². The van der Waals surface area contributed by atoms with Gasteiger partial charge in [-0.1, -0.05) is 30.3 Å². The lowest BCUT2D eigenvalue weighted by Gasteiger charge is -2.44. The zero-order valence-electron chi connectivity index (χ0n) is 15.6. The summed E-state index contributed by atoms with van der Waals surface area (Å²) < 4.78 is 6.34. The lowest BCUT2D eigenvalue weighted by atomic mass is 9.82. The average Bonchev–Trinajstić information content (AvgIpc) is 2.73. The third-order valence-electron chi connectivity index (χ3n) is 5.53. The van der Waals surface area contributed by atoms with Crippen LogP contribution < -0.4 is 9.64 Å². The highest BCUT2D eigenvalue weighted by Crippen LogP contribution is 2.40. The summed E-state index contributed by atoms with van der Waals surface area (Å²) in [5.41, 5.74) is 2.08. The summed E-state index contributed by atoms with van der Waals surface area (Å²) in [6.07, 6.45) is 4.91. The molecule has 2 aromatic carbocycles. The number of hydrogen-bond acceptors (Lipinski definition) is 5. The van der Waals surface area contributed by atoms with Gasteiger partial charge in [-0.05, 0) is 35.9 Å². The molecule has 0 atom stereocenters. The van der Waals surface area contributed by atoms with Gasteiger partial charge in [0.25, 0.3) is 0 Å². The first-order valence-corrected chi connectivity index (χ1v) is 9.57. The topological polar surface area (TPSA) is 66.8 Å². The fourth-order valence-electron chi connectivity index (χ4n) is 3.95. The van der Waals surface area contributed by atoms with Crippen molar-refractivity contribution < 1.29 is 19.4 Å². The predicted octanol–water partition coefficient (Wildman–Crippen LogP) is 3.27. The van der Waals surface area contributed by atoms with Crippen LogP contribution in [0.15, 0.2) is 54.6 Å². The number of piperidine rings is 1. The van der Waals surface area contributed by atoms with Gasteiger partial charge in [-0.15, -0.1) is 0 Å². The Hall–Kier alpha value is -2.92. The van der Waals surface area contributed by atoms with Crippen LogP contribution in [0.25, 0.3) is 6.08 Å². The largest absolute Gasteiger partial charge is 0.486 e. The van der Waals surface area contributed by atoms with E-state index in [9.17, 15) is 9.59 Å². The summed E-state index contributed by atoms with van der Waals surface area (Å²) in [6.45, 7) is 1.19. The smallest absolute Gasteiger partial charge is 0.181 e. The minimum Gasteiger partial charge on any atom is -0.486 e. The lowest BCUT2D eigenvalue weighted by Crippen LogP contribution is -2.51. The molecule has 4 rings (SSSR count). The fourth-order valence-corrected chi connectivity index (χ4v) is 3.95. The Kier molecular flexibility index (Phi) is 5.01. The molecule has 2 aliphatic rings. The van der Waals surface area contributed by atoms with Crippen molar-refractivity contribution in [1.29, 1.82) is 0 Å². The quantitative estimate of drug-likeness (QED) is 0.829. The number of ketones is 2. The van der Waals surface area contributed by atoms with Crippen LogP contribution in [0.3, 0.4) is 0 Å². The van der Waals surface area contributed by atoms with E-state index >= 15 is 0 Å². The maximum atomic E-state index is 12.8. The minimum absolute atomic E-state index is 0.0816. The van der Waals surface area contributed by atoms with E-state index in [1.165, 1.54) is 11.8 Å². The molecule has 2 aromatic rings. The Morgan fingerprint density at radius 2 is 1.89 bits per heavy atom. The second kappa shape index (κ2) is 7.60. The molecule has 1 saturated heterocycles. The van der Waals surface area contributed by atoms with Gasteiger partial charge in [0, 0.05) is 31.6 Å². The van der Waals surface area contributed by atoms with Crippen molar-refractivity contribution in [2.24, 2.45) is 0 Å². The van der Waals surface area contributed by atoms with Crippen LogP contribution in [-0.2, 0) is 4.79 Å². The molecule has 0 amide bonds. The fraction of sp³-hybridized carbons (Fsp3) is 0.304. The number of para-hydroxylation sites is 1. The molecule has 0 aromatic heterocycles. The van der Waals surface area contributed by atoms with Gasteiger partial charge in [0.1, 0.15) is 18.0 Å². The normalized spacial score (nSPS) is 18.2. The number of carbonyl (C=O) groups excluding carboxylic acids is 2. The molecule has 5 heteroatoms. The van der Waals surface area contributed by atoms with Crippen molar-refractivity contribution >= 4 is 23.3 Å². The Balaban J connectivity index is 1.49. The maximum Gasteiger partial charge on any atom is 0.181 e. The highest BCUT2D eigenvalue weighted by atomic mass is 16.5. The first kappa shape index (κ1) is 18.4. The number of ether oxygens (including phenoxy) is 1. The van der Waals surface area contributed by atoms with Gasteiger partial charge in [0.15, 0.2) is 11.6 Å². The van der Waals surface area contributed by atoms with Gasteiger partial charge >= 0.3 is 0 Å². The van der Waals surface area contributed by atoms with Crippen LogP contribution in [-0.4, -0.2) is 42.0 Å². The summed E-state index contributed by atoms with van der Waals surface area (Å²) in [5, 5.41) is 8.80. The van der Waals surface area contributed by atoms with Crippen molar-refractivity contribution in [1.82, 2.24) is 0 Å². The van der Waals surface area contributed by atoms with Crippen LogP contribution in [0, 0.1) is 0 Å². The third-order valence-corrected chi connectivity index (χ3v) is 5.53. The Bertz CT molecular complexity index is 911. The van der Waals surface area contributed by atoms with Crippen LogP contribution in [0.1, 0.15) is 35.2 Å². The van der Waals surface area contributed by atoms with Crippen molar-refractivity contribution in [3.8, 4) is 5.75 Å². The number of hydrogen-bond donors (Lipinski definition) is 1.